The van der Waals surface area contributed by atoms with Gasteiger partial charge in [0.2, 0.25) is 0 Å². The summed E-state index contributed by atoms with van der Waals surface area (Å²) in [5.74, 6) is 0.236. The van der Waals surface area contributed by atoms with Crippen LogP contribution < -0.4 is 10.4 Å². The molecule has 206 valence electrons. The Morgan fingerprint density at radius 1 is 0.897 bits per heavy atom. The van der Waals surface area contributed by atoms with Crippen molar-refractivity contribution in [1.82, 2.24) is 0 Å². The first-order chi connectivity index (χ1) is 18.8. The van der Waals surface area contributed by atoms with Gasteiger partial charge in [-0.2, -0.15) is 0 Å². The van der Waals surface area contributed by atoms with Crippen molar-refractivity contribution in [3.05, 3.63) is 96.6 Å². The van der Waals surface area contributed by atoms with Gasteiger partial charge in [-0.05, 0) is 52.6 Å². The molecule has 0 unspecified atom stereocenters. The van der Waals surface area contributed by atoms with Crippen molar-refractivity contribution in [2.24, 2.45) is 11.8 Å². The minimum atomic E-state index is -2.74. The fraction of sp³-hybridized carbons (Fsp3) is 0.441. The van der Waals surface area contributed by atoms with E-state index < -0.39 is 8.32 Å². The second-order valence-corrected chi connectivity index (χ2v) is 16.6. The average Bonchev–Trinajstić information content (AvgIpc) is 3.45. The number of esters is 1. The van der Waals surface area contributed by atoms with Crippen molar-refractivity contribution in [2.45, 2.75) is 82.6 Å². The van der Waals surface area contributed by atoms with Crippen LogP contribution in [0.4, 0.5) is 0 Å². The maximum Gasteiger partial charge on any atom is 0.306 e. The summed E-state index contributed by atoms with van der Waals surface area (Å²) in [7, 11) is -2.74. The first-order valence-corrected chi connectivity index (χ1v) is 16.4. The molecule has 2 fully saturated rings. The van der Waals surface area contributed by atoms with Gasteiger partial charge in [0.25, 0.3) is 8.32 Å². The van der Waals surface area contributed by atoms with Crippen LogP contribution in [0.5, 0.6) is 0 Å². The molecule has 1 saturated carbocycles. The zero-order valence-corrected chi connectivity index (χ0v) is 24.5. The molecular formula is C34H42O4Si. The van der Waals surface area contributed by atoms with E-state index in [-0.39, 0.29) is 41.2 Å². The number of hydrogen-bond donors (Lipinski definition) is 1. The van der Waals surface area contributed by atoms with E-state index in [1.807, 2.05) is 18.2 Å². The Labute approximate surface area is 234 Å². The highest BCUT2D eigenvalue weighted by molar-refractivity contribution is 6.99. The Morgan fingerprint density at radius 2 is 1.46 bits per heavy atom. The number of aliphatic hydroxyl groups is 1. The quantitative estimate of drug-likeness (QED) is 0.265. The third-order valence-corrected chi connectivity index (χ3v) is 13.9. The molecule has 0 radical (unpaired) electrons. The first kappa shape index (κ1) is 27.8. The van der Waals surface area contributed by atoms with Crippen molar-refractivity contribution in [3.8, 4) is 0 Å². The Bertz CT molecular complexity index is 1170. The molecule has 2 aliphatic rings. The highest BCUT2D eigenvalue weighted by atomic mass is 28.4. The molecule has 5 heteroatoms. The number of carbonyl (C=O) groups is 1. The van der Waals surface area contributed by atoms with Crippen LogP contribution >= 0.6 is 0 Å². The lowest BCUT2D eigenvalue weighted by Crippen LogP contribution is -2.68. The van der Waals surface area contributed by atoms with Crippen LogP contribution in [0.15, 0.2) is 91.0 Å². The van der Waals surface area contributed by atoms with Crippen molar-refractivity contribution >= 4 is 24.7 Å². The van der Waals surface area contributed by atoms with Gasteiger partial charge in [-0.15, -0.1) is 0 Å². The van der Waals surface area contributed by atoms with Gasteiger partial charge >= 0.3 is 5.97 Å². The molecule has 4 nitrogen and oxygen atoms in total. The summed E-state index contributed by atoms with van der Waals surface area (Å²) in [6, 6.07) is 31.8. The van der Waals surface area contributed by atoms with Gasteiger partial charge in [0.1, 0.15) is 6.10 Å². The fourth-order valence-corrected chi connectivity index (χ4v) is 11.7. The molecule has 1 aliphatic heterocycles. The number of aryl methyl sites for hydroxylation is 1. The first-order valence-electron chi connectivity index (χ1n) is 14.5. The number of fused-ring (bicyclic) bond motifs is 1. The van der Waals surface area contributed by atoms with E-state index in [2.05, 4.69) is 93.6 Å². The molecule has 0 bridgehead atoms. The maximum absolute atomic E-state index is 12.3. The van der Waals surface area contributed by atoms with Crippen LogP contribution in [0.1, 0.15) is 58.4 Å². The molecule has 0 aromatic heterocycles. The Balaban J connectivity index is 1.41. The molecule has 5 atom stereocenters. The van der Waals surface area contributed by atoms with Gasteiger partial charge in [-0.25, -0.2) is 0 Å². The minimum Gasteiger partial charge on any atom is -0.462 e. The molecule has 0 amide bonds. The van der Waals surface area contributed by atoms with Crippen molar-refractivity contribution in [1.29, 1.82) is 0 Å². The molecule has 1 aliphatic carbocycles. The standard InChI is InChI=1S/C34H42O4Si/c1-34(2,3)39(27-15-9-5-10-16-27,28-17-11-6-12-18-28)38-32-24-31-30(23-33(36)37-31)29(32)22-21-26(35)20-19-25-13-7-4-8-14-25/h4-18,26,29-32,35H,19-24H2,1-3H3/t26-,29+,30-,31-,32+/m0/s1. The van der Waals surface area contributed by atoms with Gasteiger partial charge in [0.05, 0.1) is 18.6 Å². The monoisotopic (exact) mass is 542 g/mol. The van der Waals surface area contributed by atoms with Gasteiger partial charge in [0, 0.05) is 12.3 Å². The zero-order valence-electron chi connectivity index (χ0n) is 23.5. The summed E-state index contributed by atoms with van der Waals surface area (Å²) in [6.07, 6.45) is 3.82. The van der Waals surface area contributed by atoms with E-state index >= 15 is 0 Å². The van der Waals surface area contributed by atoms with Crippen LogP contribution in [0.25, 0.3) is 0 Å². The van der Waals surface area contributed by atoms with Crippen molar-refractivity contribution in [2.75, 3.05) is 0 Å². The summed E-state index contributed by atoms with van der Waals surface area (Å²) in [6.45, 7) is 6.91. The van der Waals surface area contributed by atoms with Crippen LogP contribution in [0.2, 0.25) is 5.04 Å². The highest BCUT2D eigenvalue weighted by Gasteiger charge is 2.57. The van der Waals surface area contributed by atoms with E-state index in [0.717, 1.165) is 25.7 Å². The predicted molar refractivity (Wildman–Crippen MR) is 159 cm³/mol. The van der Waals surface area contributed by atoms with Crippen LogP contribution in [0, 0.1) is 11.8 Å². The summed E-state index contributed by atoms with van der Waals surface area (Å²) in [5, 5.41) is 13.3. The second kappa shape index (κ2) is 11.8. The molecule has 5 rings (SSSR count). The van der Waals surface area contributed by atoms with Gasteiger partial charge in [0.15, 0.2) is 0 Å². The number of hydrogen-bond acceptors (Lipinski definition) is 4. The van der Waals surface area contributed by atoms with Crippen LogP contribution in [0.3, 0.4) is 0 Å². The van der Waals surface area contributed by atoms with E-state index in [1.165, 1.54) is 15.9 Å². The average molecular weight is 543 g/mol. The van der Waals surface area contributed by atoms with E-state index in [1.54, 1.807) is 0 Å². The van der Waals surface area contributed by atoms with Crippen molar-refractivity contribution in [3.63, 3.8) is 0 Å². The van der Waals surface area contributed by atoms with Crippen LogP contribution in [-0.2, 0) is 20.4 Å². The number of carbonyl (C=O) groups excluding carboxylic acids is 1. The third-order valence-electron chi connectivity index (χ3n) is 8.84. The summed E-state index contributed by atoms with van der Waals surface area (Å²) in [4.78, 5) is 12.3. The topological polar surface area (TPSA) is 55.8 Å². The largest absolute Gasteiger partial charge is 0.462 e. The lowest BCUT2D eigenvalue weighted by atomic mass is 9.87. The molecule has 3 aromatic carbocycles. The van der Waals surface area contributed by atoms with E-state index in [0.29, 0.717) is 12.8 Å². The third kappa shape index (κ3) is 5.91. The molecule has 1 saturated heterocycles. The SMILES string of the molecule is CC(C)(C)[Si](O[C@@H]1C[C@@H]2OC(=O)C[C@H]2[C@H]1CC[C@@H](O)CCc1ccccc1)(c1ccccc1)c1ccccc1. The smallest absolute Gasteiger partial charge is 0.306 e. The summed E-state index contributed by atoms with van der Waals surface area (Å²) >= 11 is 0. The van der Waals surface area contributed by atoms with Crippen LogP contribution in [-0.4, -0.2) is 37.7 Å². The Kier molecular flexibility index (Phi) is 8.41. The van der Waals surface area contributed by atoms with Gasteiger partial charge in [-0.3, -0.25) is 4.79 Å². The lowest BCUT2D eigenvalue weighted by molar-refractivity contribution is -0.141. The highest BCUT2D eigenvalue weighted by Crippen LogP contribution is 2.48. The lowest BCUT2D eigenvalue weighted by Gasteiger charge is -2.46. The van der Waals surface area contributed by atoms with E-state index in [9.17, 15) is 9.90 Å². The molecule has 1 N–H and O–H groups in total. The molecular weight excluding hydrogens is 500 g/mol. The van der Waals surface area contributed by atoms with E-state index in [4.69, 9.17) is 9.16 Å². The Hall–Kier alpha value is -2.73. The molecule has 1 heterocycles. The summed E-state index contributed by atoms with van der Waals surface area (Å²) < 4.78 is 13.4. The summed E-state index contributed by atoms with van der Waals surface area (Å²) in [5.41, 5.74) is 1.25. The predicted octanol–water partition coefficient (Wildman–Crippen LogP) is 5.66. The number of rotatable bonds is 10. The van der Waals surface area contributed by atoms with Crippen molar-refractivity contribution < 1.29 is 19.1 Å². The fourth-order valence-electron chi connectivity index (χ4n) is 6.92. The number of aliphatic hydroxyl groups excluding tert-OH is 1. The normalized spacial score (nSPS) is 23.8. The maximum atomic E-state index is 12.3. The van der Waals surface area contributed by atoms with Gasteiger partial charge < -0.3 is 14.3 Å². The second-order valence-electron chi connectivity index (χ2n) is 12.4. The number of benzene rings is 3. The Morgan fingerprint density at radius 3 is 2.03 bits per heavy atom. The molecule has 39 heavy (non-hydrogen) atoms. The minimum absolute atomic E-state index is 0.0271. The molecule has 3 aromatic rings. The molecule has 0 spiro atoms. The zero-order chi connectivity index (χ0) is 27.5. The van der Waals surface area contributed by atoms with Gasteiger partial charge in [-0.1, -0.05) is 112 Å². The number of ether oxygens (including phenoxy) is 1.